The summed E-state index contributed by atoms with van der Waals surface area (Å²) in [6.45, 7) is 6.38. The predicted octanol–water partition coefficient (Wildman–Crippen LogP) is 2.61. The van der Waals surface area contributed by atoms with Crippen molar-refractivity contribution in [1.29, 1.82) is 0 Å². The summed E-state index contributed by atoms with van der Waals surface area (Å²) < 4.78 is 10.5. The van der Waals surface area contributed by atoms with Gasteiger partial charge in [-0.1, -0.05) is 0 Å². The van der Waals surface area contributed by atoms with Gasteiger partial charge in [0, 0.05) is 23.7 Å². The Bertz CT molecular complexity index is 615. The zero-order valence-electron chi connectivity index (χ0n) is 15.7. The molecule has 0 aromatic heterocycles. The van der Waals surface area contributed by atoms with E-state index >= 15 is 0 Å². The van der Waals surface area contributed by atoms with Gasteiger partial charge in [0.25, 0.3) is 5.91 Å². The molecule has 0 saturated carbocycles. The quantitative estimate of drug-likeness (QED) is 0.908. The molecule has 2 amide bonds. The first kappa shape index (κ1) is 19.1. The predicted molar refractivity (Wildman–Crippen MR) is 96.1 cm³/mol. The van der Waals surface area contributed by atoms with Gasteiger partial charge in [-0.3, -0.25) is 9.59 Å². The Hall–Kier alpha value is -2.24. The normalized spacial score (nSPS) is 17.8. The van der Waals surface area contributed by atoms with E-state index in [-0.39, 0.29) is 17.4 Å². The fourth-order valence-electron chi connectivity index (χ4n) is 3.00. The van der Waals surface area contributed by atoms with Crippen molar-refractivity contribution in [3.05, 3.63) is 23.8 Å². The molecule has 0 bridgehead atoms. The molecule has 1 atom stereocenters. The molecule has 1 aromatic carbocycles. The van der Waals surface area contributed by atoms with Gasteiger partial charge in [0.15, 0.2) is 0 Å². The lowest BCUT2D eigenvalue weighted by atomic mass is 9.98. The minimum Gasteiger partial charge on any atom is -0.497 e. The molecule has 0 aliphatic carbocycles. The fraction of sp³-hybridized carbons (Fsp3) is 0.579. The topological polar surface area (TPSA) is 67.9 Å². The van der Waals surface area contributed by atoms with E-state index in [0.29, 0.717) is 30.0 Å². The molecule has 0 unspecified atom stereocenters. The highest BCUT2D eigenvalue weighted by molar-refractivity contribution is 5.98. The SMILES string of the molecule is COc1cc(OC)cc(C(=O)N2CCCC[C@H]2C(=O)NC(C)(C)C)c1. The summed E-state index contributed by atoms with van der Waals surface area (Å²) in [7, 11) is 3.09. The fourth-order valence-corrected chi connectivity index (χ4v) is 3.00. The van der Waals surface area contributed by atoms with Gasteiger partial charge in [-0.15, -0.1) is 0 Å². The van der Waals surface area contributed by atoms with Gasteiger partial charge >= 0.3 is 0 Å². The smallest absolute Gasteiger partial charge is 0.254 e. The van der Waals surface area contributed by atoms with Gasteiger partial charge in [0.2, 0.25) is 5.91 Å². The van der Waals surface area contributed by atoms with Crippen molar-refractivity contribution in [2.24, 2.45) is 0 Å². The maximum atomic E-state index is 13.1. The van der Waals surface area contributed by atoms with E-state index in [9.17, 15) is 9.59 Å². The lowest BCUT2D eigenvalue weighted by Crippen LogP contribution is -2.55. The number of nitrogens with one attached hydrogen (secondary N) is 1. The van der Waals surface area contributed by atoms with Crippen LogP contribution in [-0.2, 0) is 4.79 Å². The third-order valence-corrected chi connectivity index (χ3v) is 4.16. The van der Waals surface area contributed by atoms with Gasteiger partial charge in [0.1, 0.15) is 17.5 Å². The average Bonchev–Trinajstić information content (AvgIpc) is 2.59. The van der Waals surface area contributed by atoms with Gasteiger partial charge in [0.05, 0.1) is 14.2 Å². The largest absolute Gasteiger partial charge is 0.497 e. The highest BCUT2D eigenvalue weighted by Crippen LogP contribution is 2.26. The summed E-state index contributed by atoms with van der Waals surface area (Å²) in [4.78, 5) is 27.4. The molecule has 1 fully saturated rings. The Kier molecular flexibility index (Phi) is 5.93. The van der Waals surface area contributed by atoms with Crippen LogP contribution in [0.2, 0.25) is 0 Å². The molecule has 25 heavy (non-hydrogen) atoms. The number of benzene rings is 1. The second-order valence-corrected chi connectivity index (χ2v) is 7.35. The van der Waals surface area contributed by atoms with E-state index in [1.807, 2.05) is 20.8 Å². The Morgan fingerprint density at radius 2 is 1.68 bits per heavy atom. The van der Waals surface area contributed by atoms with Crippen LogP contribution in [0.1, 0.15) is 50.4 Å². The van der Waals surface area contributed by atoms with E-state index in [1.54, 1.807) is 37.3 Å². The highest BCUT2D eigenvalue weighted by Gasteiger charge is 2.34. The second kappa shape index (κ2) is 7.76. The number of hydrogen-bond donors (Lipinski definition) is 1. The van der Waals surface area contributed by atoms with Crippen LogP contribution < -0.4 is 14.8 Å². The summed E-state index contributed by atoms with van der Waals surface area (Å²) in [6.07, 6.45) is 2.51. The Balaban J connectivity index is 2.27. The molecule has 1 saturated heterocycles. The Morgan fingerprint density at radius 1 is 1.08 bits per heavy atom. The third kappa shape index (κ3) is 4.87. The number of rotatable bonds is 4. The van der Waals surface area contributed by atoms with Crippen LogP contribution in [-0.4, -0.2) is 49.1 Å². The molecule has 6 heteroatoms. The molecule has 6 nitrogen and oxygen atoms in total. The van der Waals surface area contributed by atoms with Gasteiger partial charge in [-0.05, 0) is 52.2 Å². The Morgan fingerprint density at radius 3 is 2.20 bits per heavy atom. The third-order valence-electron chi connectivity index (χ3n) is 4.16. The van der Waals surface area contributed by atoms with Crippen LogP contribution in [0.4, 0.5) is 0 Å². The number of carbonyl (C=O) groups excluding carboxylic acids is 2. The first-order chi connectivity index (χ1) is 11.7. The molecule has 0 spiro atoms. The maximum absolute atomic E-state index is 13.1. The number of carbonyl (C=O) groups is 2. The number of methoxy groups -OCH3 is 2. The molecule has 1 aromatic rings. The summed E-state index contributed by atoms with van der Waals surface area (Å²) in [5.74, 6) is 0.826. The molecular formula is C19H28N2O4. The summed E-state index contributed by atoms with van der Waals surface area (Å²) in [6, 6.07) is 4.63. The van der Waals surface area contributed by atoms with Gasteiger partial charge in [-0.2, -0.15) is 0 Å². The average molecular weight is 348 g/mol. The van der Waals surface area contributed by atoms with Crippen molar-refractivity contribution >= 4 is 11.8 Å². The molecule has 1 N–H and O–H groups in total. The van der Waals surface area contributed by atoms with Crippen molar-refractivity contribution in [1.82, 2.24) is 10.2 Å². The summed E-state index contributed by atoms with van der Waals surface area (Å²) >= 11 is 0. The zero-order valence-corrected chi connectivity index (χ0v) is 15.7. The lowest BCUT2D eigenvalue weighted by Gasteiger charge is -2.36. The Labute approximate surface area is 149 Å². The second-order valence-electron chi connectivity index (χ2n) is 7.35. The van der Waals surface area contributed by atoms with Gasteiger partial charge in [-0.25, -0.2) is 0 Å². The summed E-state index contributed by atoms with van der Waals surface area (Å²) in [5.41, 5.74) is 0.134. The monoisotopic (exact) mass is 348 g/mol. The minimum atomic E-state index is -0.447. The van der Waals surface area contributed by atoms with E-state index < -0.39 is 6.04 Å². The zero-order chi connectivity index (χ0) is 18.6. The minimum absolute atomic E-state index is 0.101. The van der Waals surface area contributed by atoms with Crippen molar-refractivity contribution in [2.75, 3.05) is 20.8 Å². The first-order valence-electron chi connectivity index (χ1n) is 8.61. The number of piperidine rings is 1. The van der Waals surface area contributed by atoms with Crippen LogP contribution in [0.25, 0.3) is 0 Å². The van der Waals surface area contributed by atoms with E-state index in [4.69, 9.17) is 9.47 Å². The number of hydrogen-bond acceptors (Lipinski definition) is 4. The highest BCUT2D eigenvalue weighted by atomic mass is 16.5. The molecule has 1 aliphatic heterocycles. The lowest BCUT2D eigenvalue weighted by molar-refractivity contribution is -0.128. The van der Waals surface area contributed by atoms with Crippen LogP contribution in [0, 0.1) is 0 Å². The standard InChI is InChI=1S/C19H28N2O4/c1-19(2,3)20-17(22)16-8-6-7-9-21(16)18(23)13-10-14(24-4)12-15(11-13)25-5/h10-12,16H,6-9H2,1-5H3,(H,20,22)/t16-/m0/s1. The van der Waals surface area contributed by atoms with Crippen molar-refractivity contribution in [3.8, 4) is 11.5 Å². The maximum Gasteiger partial charge on any atom is 0.254 e. The molecule has 1 aliphatic rings. The summed E-state index contributed by atoms with van der Waals surface area (Å²) in [5, 5.41) is 2.99. The van der Waals surface area contributed by atoms with Gasteiger partial charge < -0.3 is 19.7 Å². The van der Waals surface area contributed by atoms with Crippen LogP contribution in [0.5, 0.6) is 11.5 Å². The molecule has 0 radical (unpaired) electrons. The van der Waals surface area contributed by atoms with Crippen LogP contribution in [0.15, 0.2) is 18.2 Å². The van der Waals surface area contributed by atoms with Crippen molar-refractivity contribution < 1.29 is 19.1 Å². The van der Waals surface area contributed by atoms with Crippen LogP contribution in [0.3, 0.4) is 0 Å². The number of nitrogens with zero attached hydrogens (tertiary/aromatic N) is 1. The van der Waals surface area contributed by atoms with Crippen LogP contribution >= 0.6 is 0 Å². The molecular weight excluding hydrogens is 320 g/mol. The number of ether oxygens (including phenoxy) is 2. The molecule has 1 heterocycles. The van der Waals surface area contributed by atoms with Crippen molar-refractivity contribution in [3.63, 3.8) is 0 Å². The van der Waals surface area contributed by atoms with E-state index in [2.05, 4.69) is 5.32 Å². The molecule has 138 valence electrons. The van der Waals surface area contributed by atoms with E-state index in [0.717, 1.165) is 12.8 Å². The number of likely N-dealkylation sites (tertiary alicyclic amines) is 1. The molecule has 2 rings (SSSR count). The van der Waals surface area contributed by atoms with E-state index in [1.165, 1.54) is 0 Å². The first-order valence-corrected chi connectivity index (χ1v) is 8.61. The van der Waals surface area contributed by atoms with Crippen molar-refractivity contribution in [2.45, 2.75) is 51.6 Å². The number of amides is 2.